The van der Waals surface area contributed by atoms with E-state index in [0.29, 0.717) is 41.8 Å². The quantitative estimate of drug-likeness (QED) is 0.208. The number of carbonyl (C=O) groups is 1. The molecular weight excluding hydrogens is 388 g/mol. The number of carbonyl (C=O) groups excluding carboxylic acids is 1. The van der Waals surface area contributed by atoms with Gasteiger partial charge in [-0.1, -0.05) is 18.2 Å². The number of rotatable bonds is 13. The van der Waals surface area contributed by atoms with Gasteiger partial charge in [0.2, 0.25) is 0 Å². The Labute approximate surface area is 177 Å². The van der Waals surface area contributed by atoms with Crippen molar-refractivity contribution in [3.05, 3.63) is 53.6 Å². The third-order valence-corrected chi connectivity index (χ3v) is 4.06. The largest absolute Gasteiger partial charge is 0.496 e. The molecule has 0 N–H and O–H groups in total. The predicted molar refractivity (Wildman–Crippen MR) is 114 cm³/mol. The van der Waals surface area contributed by atoms with E-state index >= 15 is 0 Å². The maximum absolute atomic E-state index is 12.8. The van der Waals surface area contributed by atoms with Crippen LogP contribution in [-0.4, -0.2) is 46.8 Å². The van der Waals surface area contributed by atoms with Crippen molar-refractivity contribution >= 4 is 11.9 Å². The van der Waals surface area contributed by atoms with Crippen molar-refractivity contribution in [3.63, 3.8) is 0 Å². The van der Waals surface area contributed by atoms with E-state index in [1.165, 1.54) is 20.3 Å². The summed E-state index contributed by atoms with van der Waals surface area (Å²) in [5.74, 6) is 1.64. The third kappa shape index (κ3) is 6.79. The van der Waals surface area contributed by atoms with E-state index in [4.69, 9.17) is 28.4 Å². The second-order valence-electron chi connectivity index (χ2n) is 5.98. The van der Waals surface area contributed by atoms with Crippen LogP contribution in [0.25, 0.3) is 6.08 Å². The molecule has 7 heteroatoms. The molecule has 0 spiro atoms. The van der Waals surface area contributed by atoms with Crippen molar-refractivity contribution < 1.29 is 33.2 Å². The first kappa shape index (κ1) is 23.3. The Kier molecular flexibility index (Phi) is 9.70. The molecule has 30 heavy (non-hydrogen) atoms. The Bertz CT molecular complexity index is 803. The fourth-order valence-corrected chi connectivity index (χ4v) is 2.53. The average molecular weight is 416 g/mol. The van der Waals surface area contributed by atoms with E-state index in [0.717, 1.165) is 5.56 Å². The number of hydrogen-bond acceptors (Lipinski definition) is 7. The van der Waals surface area contributed by atoms with Gasteiger partial charge in [0.05, 0.1) is 14.2 Å². The average Bonchev–Trinajstić information content (AvgIpc) is 2.78. The molecule has 0 saturated carbocycles. The van der Waals surface area contributed by atoms with Crippen LogP contribution < -0.4 is 18.9 Å². The lowest BCUT2D eigenvalue weighted by Gasteiger charge is -2.14. The second kappa shape index (κ2) is 12.5. The summed E-state index contributed by atoms with van der Waals surface area (Å²) in [4.78, 5) is 12.8. The van der Waals surface area contributed by atoms with Crippen LogP contribution in [-0.2, 0) is 9.47 Å². The summed E-state index contributed by atoms with van der Waals surface area (Å²) in [7, 11) is 2.98. The van der Waals surface area contributed by atoms with Gasteiger partial charge < -0.3 is 28.4 Å². The lowest BCUT2D eigenvalue weighted by Crippen LogP contribution is -2.06. The van der Waals surface area contributed by atoms with Gasteiger partial charge in [-0.05, 0) is 37.6 Å². The van der Waals surface area contributed by atoms with Crippen LogP contribution >= 0.6 is 0 Å². The smallest absolute Gasteiger partial charge is 0.193 e. The number of benzene rings is 2. The summed E-state index contributed by atoms with van der Waals surface area (Å²) >= 11 is 0. The van der Waals surface area contributed by atoms with Gasteiger partial charge in [-0.2, -0.15) is 0 Å². The zero-order valence-electron chi connectivity index (χ0n) is 17.8. The minimum absolute atomic E-state index is 0.0975. The maximum atomic E-state index is 12.8. The lowest BCUT2D eigenvalue weighted by atomic mass is 10.1. The van der Waals surface area contributed by atoms with Gasteiger partial charge in [-0.3, -0.25) is 4.79 Å². The molecule has 162 valence electrons. The Morgan fingerprint density at radius 3 is 1.87 bits per heavy atom. The van der Waals surface area contributed by atoms with Crippen LogP contribution in [0.4, 0.5) is 0 Å². The topological polar surface area (TPSA) is 72.5 Å². The Hall–Kier alpha value is -3.03. The normalized spacial score (nSPS) is 10.8. The molecule has 0 bridgehead atoms. The summed E-state index contributed by atoms with van der Waals surface area (Å²) in [5, 5.41) is 0. The molecule has 2 rings (SSSR count). The molecule has 0 amide bonds. The van der Waals surface area contributed by atoms with Crippen molar-refractivity contribution in [2.24, 2.45) is 0 Å². The van der Waals surface area contributed by atoms with Crippen LogP contribution in [0.15, 0.2) is 42.5 Å². The highest BCUT2D eigenvalue weighted by atomic mass is 16.7. The van der Waals surface area contributed by atoms with Crippen LogP contribution in [0.3, 0.4) is 0 Å². The molecule has 2 aromatic carbocycles. The summed E-state index contributed by atoms with van der Waals surface area (Å²) in [6, 6.07) is 10.6. The van der Waals surface area contributed by atoms with E-state index < -0.39 is 0 Å². The fourth-order valence-electron chi connectivity index (χ4n) is 2.53. The number of ether oxygens (including phenoxy) is 6. The first-order chi connectivity index (χ1) is 14.6. The second-order valence-corrected chi connectivity index (χ2v) is 5.98. The van der Waals surface area contributed by atoms with Gasteiger partial charge in [-0.25, -0.2) is 0 Å². The number of hydrogen-bond donors (Lipinski definition) is 0. The molecule has 0 aliphatic heterocycles. The van der Waals surface area contributed by atoms with E-state index in [1.807, 2.05) is 38.1 Å². The highest BCUT2D eigenvalue weighted by Gasteiger charge is 2.18. The molecule has 0 unspecified atom stereocenters. The molecule has 0 aliphatic rings. The zero-order chi connectivity index (χ0) is 21.8. The minimum Gasteiger partial charge on any atom is -0.496 e. The maximum Gasteiger partial charge on any atom is 0.193 e. The van der Waals surface area contributed by atoms with Crippen molar-refractivity contribution in [1.29, 1.82) is 0 Å². The first-order valence-electron chi connectivity index (χ1n) is 9.62. The van der Waals surface area contributed by atoms with Gasteiger partial charge in [0, 0.05) is 25.3 Å². The monoisotopic (exact) mass is 416 g/mol. The van der Waals surface area contributed by atoms with Crippen LogP contribution in [0, 0.1) is 0 Å². The Balaban J connectivity index is 2.14. The molecule has 0 aliphatic carbocycles. The highest BCUT2D eigenvalue weighted by molar-refractivity contribution is 6.10. The number of allylic oxidation sites excluding steroid dienone is 1. The first-order valence-corrected chi connectivity index (χ1v) is 9.62. The molecule has 0 heterocycles. The standard InChI is InChI=1S/C23H28O7/c1-5-27-15-29-18-10-7-17(8-11-18)9-12-20(24)23-21(25-3)13-19(14-22(23)26-4)30-16-28-6-2/h7-14H,5-6,15-16H2,1-4H3/b12-9+. The SMILES string of the molecule is CCOCOc1ccc(/C=C/C(=O)c2c(OC)cc(OCOCC)cc2OC)cc1. The third-order valence-electron chi connectivity index (χ3n) is 4.06. The molecule has 0 fully saturated rings. The van der Waals surface area contributed by atoms with Crippen molar-refractivity contribution in [2.45, 2.75) is 13.8 Å². The van der Waals surface area contributed by atoms with E-state index in [-0.39, 0.29) is 19.4 Å². The lowest BCUT2D eigenvalue weighted by molar-refractivity contribution is 0.0220. The van der Waals surface area contributed by atoms with Crippen molar-refractivity contribution in [3.8, 4) is 23.0 Å². The minimum atomic E-state index is -0.253. The Morgan fingerprint density at radius 2 is 1.37 bits per heavy atom. The van der Waals surface area contributed by atoms with Crippen LogP contribution in [0.1, 0.15) is 29.8 Å². The summed E-state index contributed by atoms with van der Waals surface area (Å²) < 4.78 is 32.1. The molecule has 0 atom stereocenters. The summed E-state index contributed by atoms with van der Waals surface area (Å²) in [6.45, 7) is 5.21. The number of ketones is 1. The Morgan fingerprint density at radius 1 is 0.833 bits per heavy atom. The number of methoxy groups -OCH3 is 2. The zero-order valence-corrected chi connectivity index (χ0v) is 17.8. The van der Waals surface area contributed by atoms with Gasteiger partial charge in [0.25, 0.3) is 0 Å². The van der Waals surface area contributed by atoms with Gasteiger partial charge >= 0.3 is 0 Å². The van der Waals surface area contributed by atoms with Crippen molar-refractivity contribution in [2.75, 3.05) is 41.0 Å². The van der Waals surface area contributed by atoms with Crippen LogP contribution in [0.2, 0.25) is 0 Å². The molecule has 2 aromatic rings. The molecule has 0 aromatic heterocycles. The summed E-state index contributed by atoms with van der Waals surface area (Å²) in [6.07, 6.45) is 3.18. The van der Waals surface area contributed by atoms with Gasteiger partial charge in [-0.15, -0.1) is 0 Å². The van der Waals surface area contributed by atoms with Crippen LogP contribution in [0.5, 0.6) is 23.0 Å². The summed E-state index contributed by atoms with van der Waals surface area (Å²) in [5.41, 5.74) is 1.17. The molecule has 7 nitrogen and oxygen atoms in total. The van der Waals surface area contributed by atoms with E-state index in [9.17, 15) is 4.79 Å². The van der Waals surface area contributed by atoms with Crippen molar-refractivity contribution in [1.82, 2.24) is 0 Å². The van der Waals surface area contributed by atoms with E-state index in [1.54, 1.807) is 18.2 Å². The molecular formula is C23H28O7. The van der Waals surface area contributed by atoms with Gasteiger partial charge in [0.15, 0.2) is 19.4 Å². The fraction of sp³-hybridized carbons (Fsp3) is 0.348. The predicted octanol–water partition coefficient (Wildman–Crippen LogP) is 4.35. The highest BCUT2D eigenvalue weighted by Crippen LogP contribution is 2.35. The van der Waals surface area contributed by atoms with Gasteiger partial charge in [0.1, 0.15) is 28.6 Å². The van der Waals surface area contributed by atoms with E-state index in [2.05, 4.69) is 0 Å². The molecule has 0 radical (unpaired) electrons. The molecule has 0 saturated heterocycles.